The van der Waals surface area contributed by atoms with E-state index in [2.05, 4.69) is 10.3 Å². The van der Waals surface area contributed by atoms with Crippen molar-refractivity contribution in [3.05, 3.63) is 53.7 Å². The van der Waals surface area contributed by atoms with E-state index < -0.39 is 11.9 Å². The zero-order valence-electron chi connectivity index (χ0n) is 10.00. The molecule has 0 saturated heterocycles. The highest BCUT2D eigenvalue weighted by Crippen LogP contribution is 2.07. The van der Waals surface area contributed by atoms with Crippen molar-refractivity contribution in [2.45, 2.75) is 6.42 Å². The summed E-state index contributed by atoms with van der Waals surface area (Å²) < 4.78 is 4.89. The van der Waals surface area contributed by atoms with Crippen molar-refractivity contribution >= 4 is 11.9 Å². The van der Waals surface area contributed by atoms with Crippen LogP contribution in [0.25, 0.3) is 0 Å². The number of pyridine rings is 1. The average molecular weight is 260 g/mol. The Bertz CT molecular complexity index is 577. The minimum Gasteiger partial charge on any atom is -0.475 e. The largest absolute Gasteiger partial charge is 0.475 e. The van der Waals surface area contributed by atoms with Crippen LogP contribution >= 0.6 is 0 Å². The van der Waals surface area contributed by atoms with Crippen LogP contribution in [0.5, 0.6) is 0 Å². The van der Waals surface area contributed by atoms with Crippen LogP contribution in [0, 0.1) is 0 Å². The van der Waals surface area contributed by atoms with E-state index >= 15 is 0 Å². The molecule has 0 atom stereocenters. The Morgan fingerprint density at radius 3 is 2.68 bits per heavy atom. The Balaban J connectivity index is 1.85. The number of amides is 1. The predicted octanol–water partition coefficient (Wildman–Crippen LogP) is 1.35. The number of carboxylic acid groups (broad SMARTS) is 1. The number of nitrogens with zero attached hydrogens (tertiary/aromatic N) is 1. The van der Waals surface area contributed by atoms with Crippen LogP contribution in [-0.2, 0) is 6.42 Å². The summed E-state index contributed by atoms with van der Waals surface area (Å²) >= 11 is 0. The molecule has 6 nitrogen and oxygen atoms in total. The topological polar surface area (TPSA) is 92.4 Å². The molecule has 0 saturated carbocycles. The van der Waals surface area contributed by atoms with Gasteiger partial charge in [-0.25, -0.2) is 4.79 Å². The summed E-state index contributed by atoms with van der Waals surface area (Å²) in [5, 5.41) is 11.3. The maximum Gasteiger partial charge on any atom is 0.371 e. The number of furan rings is 1. The average Bonchev–Trinajstić information content (AvgIpc) is 2.89. The summed E-state index contributed by atoms with van der Waals surface area (Å²) in [6, 6.07) is 6.32. The third kappa shape index (κ3) is 3.41. The third-order valence-electron chi connectivity index (χ3n) is 2.46. The first-order valence-corrected chi connectivity index (χ1v) is 5.67. The first-order valence-electron chi connectivity index (χ1n) is 5.67. The van der Waals surface area contributed by atoms with Gasteiger partial charge in [-0.1, -0.05) is 6.07 Å². The van der Waals surface area contributed by atoms with Gasteiger partial charge in [-0.3, -0.25) is 9.78 Å². The highest BCUT2D eigenvalue weighted by Gasteiger charge is 2.14. The van der Waals surface area contributed by atoms with Crippen molar-refractivity contribution in [3.63, 3.8) is 0 Å². The predicted molar refractivity (Wildman–Crippen MR) is 65.9 cm³/mol. The number of nitrogens with one attached hydrogen (secondary N) is 1. The third-order valence-corrected chi connectivity index (χ3v) is 2.46. The van der Waals surface area contributed by atoms with Gasteiger partial charge in [0.1, 0.15) is 0 Å². The van der Waals surface area contributed by atoms with Crippen LogP contribution in [0.4, 0.5) is 0 Å². The maximum absolute atomic E-state index is 11.7. The molecular formula is C13H12N2O4. The first kappa shape index (κ1) is 12.8. The van der Waals surface area contributed by atoms with Crippen LogP contribution < -0.4 is 5.32 Å². The van der Waals surface area contributed by atoms with E-state index in [9.17, 15) is 9.59 Å². The molecule has 0 aliphatic heterocycles. The lowest BCUT2D eigenvalue weighted by molar-refractivity contribution is 0.0659. The molecule has 0 aliphatic rings. The van der Waals surface area contributed by atoms with Gasteiger partial charge in [-0.05, 0) is 30.2 Å². The molecule has 19 heavy (non-hydrogen) atoms. The lowest BCUT2D eigenvalue weighted by Crippen LogP contribution is -2.25. The molecule has 1 amide bonds. The molecule has 2 aromatic heterocycles. The monoisotopic (exact) mass is 260 g/mol. The Morgan fingerprint density at radius 1 is 1.26 bits per heavy atom. The van der Waals surface area contributed by atoms with Gasteiger partial charge in [0.05, 0.1) is 0 Å². The Hall–Kier alpha value is -2.63. The Morgan fingerprint density at radius 2 is 2.05 bits per heavy atom. The van der Waals surface area contributed by atoms with Crippen molar-refractivity contribution < 1.29 is 19.1 Å². The molecule has 2 heterocycles. The van der Waals surface area contributed by atoms with Crippen molar-refractivity contribution in [1.82, 2.24) is 10.3 Å². The summed E-state index contributed by atoms with van der Waals surface area (Å²) in [6.45, 7) is 0.424. The molecule has 0 radical (unpaired) electrons. The fourth-order valence-corrected chi connectivity index (χ4v) is 1.53. The SMILES string of the molecule is O=C(O)c1ccc(C(=O)NCCc2cccnc2)o1. The van der Waals surface area contributed by atoms with Crippen molar-refractivity contribution in [3.8, 4) is 0 Å². The smallest absolute Gasteiger partial charge is 0.371 e. The van der Waals surface area contributed by atoms with E-state index in [-0.39, 0.29) is 11.5 Å². The standard InChI is InChI=1S/C13H12N2O4/c16-12(10-3-4-11(19-10)13(17)18)15-7-5-9-2-1-6-14-8-9/h1-4,6,8H,5,7H2,(H,15,16)(H,17,18). The van der Waals surface area contributed by atoms with Crippen molar-refractivity contribution in [2.24, 2.45) is 0 Å². The number of carbonyl (C=O) groups is 2. The summed E-state index contributed by atoms with van der Waals surface area (Å²) in [5.74, 6) is -1.90. The van der Waals surface area contributed by atoms with Crippen LogP contribution in [0.1, 0.15) is 26.7 Å². The molecule has 0 aromatic carbocycles. The van der Waals surface area contributed by atoms with Gasteiger partial charge < -0.3 is 14.8 Å². The Labute approximate surface area is 109 Å². The maximum atomic E-state index is 11.7. The Kier molecular flexibility index (Phi) is 3.92. The molecule has 2 aromatic rings. The van der Waals surface area contributed by atoms with Gasteiger partial charge in [0.2, 0.25) is 5.76 Å². The summed E-state index contributed by atoms with van der Waals surface area (Å²) in [4.78, 5) is 26.2. The minimum atomic E-state index is -1.20. The number of rotatable bonds is 5. The van der Waals surface area contributed by atoms with E-state index in [0.29, 0.717) is 13.0 Å². The van der Waals surface area contributed by atoms with E-state index in [0.717, 1.165) is 5.56 Å². The van der Waals surface area contributed by atoms with Crippen molar-refractivity contribution in [1.29, 1.82) is 0 Å². The summed E-state index contributed by atoms with van der Waals surface area (Å²) in [6.07, 6.45) is 4.05. The van der Waals surface area contributed by atoms with Gasteiger partial charge in [-0.2, -0.15) is 0 Å². The second kappa shape index (κ2) is 5.81. The number of hydrogen-bond acceptors (Lipinski definition) is 4. The van der Waals surface area contributed by atoms with E-state index in [4.69, 9.17) is 9.52 Å². The van der Waals surface area contributed by atoms with Gasteiger partial charge >= 0.3 is 5.97 Å². The molecule has 0 spiro atoms. The van der Waals surface area contributed by atoms with Gasteiger partial charge in [0.25, 0.3) is 5.91 Å². The number of hydrogen-bond donors (Lipinski definition) is 2. The molecule has 0 unspecified atom stereocenters. The normalized spacial score (nSPS) is 10.1. The molecule has 0 fully saturated rings. The van der Waals surface area contributed by atoms with Gasteiger partial charge in [0, 0.05) is 18.9 Å². The molecule has 2 rings (SSSR count). The van der Waals surface area contributed by atoms with Gasteiger partial charge in [-0.15, -0.1) is 0 Å². The molecule has 6 heteroatoms. The molecular weight excluding hydrogens is 248 g/mol. The number of carbonyl (C=O) groups excluding carboxylic acids is 1. The fraction of sp³-hybridized carbons (Fsp3) is 0.154. The van der Waals surface area contributed by atoms with E-state index in [1.165, 1.54) is 12.1 Å². The molecule has 98 valence electrons. The first-order chi connectivity index (χ1) is 9.16. The van der Waals surface area contributed by atoms with Crippen LogP contribution in [0.2, 0.25) is 0 Å². The number of aromatic carboxylic acids is 1. The summed E-state index contributed by atoms with van der Waals surface area (Å²) in [5.41, 5.74) is 1.01. The second-order valence-corrected chi connectivity index (χ2v) is 3.84. The van der Waals surface area contributed by atoms with Crippen LogP contribution in [0.15, 0.2) is 41.1 Å². The molecule has 2 N–H and O–H groups in total. The van der Waals surface area contributed by atoms with Crippen LogP contribution in [0.3, 0.4) is 0 Å². The highest BCUT2D eigenvalue weighted by atomic mass is 16.4. The van der Waals surface area contributed by atoms with Crippen molar-refractivity contribution in [2.75, 3.05) is 6.54 Å². The van der Waals surface area contributed by atoms with Crippen LogP contribution in [-0.4, -0.2) is 28.5 Å². The molecule has 0 aliphatic carbocycles. The highest BCUT2D eigenvalue weighted by molar-refractivity contribution is 5.93. The zero-order chi connectivity index (χ0) is 13.7. The quantitative estimate of drug-likeness (QED) is 0.846. The lowest BCUT2D eigenvalue weighted by atomic mass is 10.2. The minimum absolute atomic E-state index is 0.0106. The zero-order valence-corrected chi connectivity index (χ0v) is 10.00. The second-order valence-electron chi connectivity index (χ2n) is 3.84. The molecule has 0 bridgehead atoms. The van der Waals surface area contributed by atoms with Gasteiger partial charge in [0.15, 0.2) is 5.76 Å². The number of carboxylic acids is 1. The number of aromatic nitrogens is 1. The van der Waals surface area contributed by atoms with E-state index in [1.54, 1.807) is 12.4 Å². The lowest BCUT2D eigenvalue weighted by Gasteiger charge is -2.02. The fourth-order valence-electron chi connectivity index (χ4n) is 1.53. The van der Waals surface area contributed by atoms with E-state index in [1.807, 2.05) is 12.1 Å². The summed E-state index contributed by atoms with van der Waals surface area (Å²) in [7, 11) is 0.